The van der Waals surface area contributed by atoms with E-state index in [0.717, 1.165) is 0 Å². The van der Waals surface area contributed by atoms with E-state index in [1.165, 1.54) is 13.3 Å². The molecule has 0 unspecified atom stereocenters. The zero-order valence-electron chi connectivity index (χ0n) is 9.54. The maximum atomic E-state index is 10.2. The van der Waals surface area contributed by atoms with E-state index in [1.54, 1.807) is 25.3 Å². The molecule has 0 aliphatic heterocycles. The van der Waals surface area contributed by atoms with Gasteiger partial charge in [0.2, 0.25) is 6.61 Å². The predicted molar refractivity (Wildman–Crippen MR) is 60.7 cm³/mol. The normalized spacial score (nSPS) is 10.2. The lowest BCUT2D eigenvalue weighted by Gasteiger charge is -2.06. The number of hydrogen-bond donors (Lipinski definition) is 1. The van der Waals surface area contributed by atoms with E-state index in [9.17, 15) is 4.79 Å². The third kappa shape index (κ3) is 4.02. The highest BCUT2D eigenvalue weighted by Gasteiger charge is 2.02. The van der Waals surface area contributed by atoms with Gasteiger partial charge in [0.1, 0.15) is 11.5 Å². The van der Waals surface area contributed by atoms with Crippen molar-refractivity contribution in [2.75, 3.05) is 20.8 Å². The van der Waals surface area contributed by atoms with Crippen molar-refractivity contribution in [1.82, 2.24) is 0 Å². The number of methoxy groups -OCH3 is 2. The van der Waals surface area contributed by atoms with Gasteiger partial charge < -0.3 is 19.4 Å². The molecule has 1 rings (SSSR count). The Kier molecular flexibility index (Phi) is 4.80. The van der Waals surface area contributed by atoms with Gasteiger partial charge in [-0.25, -0.2) is 4.79 Å². The van der Waals surface area contributed by atoms with Crippen LogP contribution in [0.4, 0.5) is 0 Å². The van der Waals surface area contributed by atoms with E-state index >= 15 is 0 Å². The van der Waals surface area contributed by atoms with Crippen molar-refractivity contribution in [3.05, 3.63) is 23.8 Å². The summed E-state index contributed by atoms with van der Waals surface area (Å²) in [6.07, 6.45) is 1.38. The zero-order valence-corrected chi connectivity index (χ0v) is 9.54. The third-order valence-corrected chi connectivity index (χ3v) is 1.89. The summed E-state index contributed by atoms with van der Waals surface area (Å²) in [6, 6.07) is 5.16. The topological polar surface area (TPSA) is 77.4 Å². The van der Waals surface area contributed by atoms with Crippen LogP contribution in [0.3, 0.4) is 0 Å². The molecule has 17 heavy (non-hydrogen) atoms. The summed E-state index contributed by atoms with van der Waals surface area (Å²) in [5.41, 5.74) is 0.665. The highest BCUT2D eigenvalue weighted by Crippen LogP contribution is 2.22. The van der Waals surface area contributed by atoms with Crippen LogP contribution < -0.4 is 9.47 Å². The van der Waals surface area contributed by atoms with Gasteiger partial charge in [-0.05, 0) is 12.1 Å². The molecular weight excluding hydrogens is 226 g/mol. The Hall–Kier alpha value is -2.24. The minimum absolute atomic E-state index is 0.477. The number of ether oxygens (including phenoxy) is 2. The molecular formula is C11H13NO5. The molecule has 0 atom stereocenters. The monoisotopic (exact) mass is 239 g/mol. The van der Waals surface area contributed by atoms with Crippen LogP contribution in [0.15, 0.2) is 23.4 Å². The number of rotatable bonds is 6. The molecule has 0 radical (unpaired) electrons. The molecule has 0 aliphatic rings. The van der Waals surface area contributed by atoms with Gasteiger partial charge in [-0.2, -0.15) is 0 Å². The Morgan fingerprint density at radius 2 is 2.18 bits per heavy atom. The van der Waals surface area contributed by atoms with Crippen molar-refractivity contribution in [2.24, 2.45) is 5.16 Å². The highest BCUT2D eigenvalue weighted by atomic mass is 16.6. The average molecular weight is 239 g/mol. The molecule has 0 aliphatic carbocycles. The lowest BCUT2D eigenvalue weighted by molar-refractivity contribution is -0.142. The molecule has 6 nitrogen and oxygen atoms in total. The molecule has 0 saturated heterocycles. The van der Waals surface area contributed by atoms with Gasteiger partial charge in [0.25, 0.3) is 0 Å². The smallest absolute Gasteiger partial charge is 0.344 e. The van der Waals surface area contributed by atoms with E-state index in [4.69, 9.17) is 14.6 Å². The Labute approximate surface area is 98.4 Å². The van der Waals surface area contributed by atoms with Crippen molar-refractivity contribution in [1.29, 1.82) is 0 Å². The largest absolute Gasteiger partial charge is 0.497 e. The fraction of sp³-hybridized carbons (Fsp3) is 0.273. The second kappa shape index (κ2) is 6.37. The number of nitrogens with zero attached hydrogens (tertiary/aromatic N) is 1. The van der Waals surface area contributed by atoms with Crippen LogP contribution in [0.5, 0.6) is 11.5 Å². The van der Waals surface area contributed by atoms with E-state index in [0.29, 0.717) is 17.1 Å². The summed E-state index contributed by atoms with van der Waals surface area (Å²) in [6.45, 7) is -0.477. The summed E-state index contributed by atoms with van der Waals surface area (Å²) in [5.74, 6) is 0.140. The van der Waals surface area contributed by atoms with Crippen LogP contribution in [0.2, 0.25) is 0 Å². The van der Waals surface area contributed by atoms with Gasteiger partial charge in [-0.15, -0.1) is 0 Å². The summed E-state index contributed by atoms with van der Waals surface area (Å²) in [4.78, 5) is 14.7. The van der Waals surface area contributed by atoms with Crippen LogP contribution >= 0.6 is 0 Å². The molecule has 1 aromatic carbocycles. The van der Waals surface area contributed by atoms with Gasteiger partial charge in [0.05, 0.1) is 20.4 Å². The Balaban J connectivity index is 2.73. The Morgan fingerprint density at radius 1 is 1.41 bits per heavy atom. The van der Waals surface area contributed by atoms with Crippen LogP contribution in [0.1, 0.15) is 5.56 Å². The van der Waals surface area contributed by atoms with Crippen molar-refractivity contribution < 1.29 is 24.2 Å². The van der Waals surface area contributed by atoms with Crippen molar-refractivity contribution in [2.45, 2.75) is 0 Å². The summed E-state index contributed by atoms with van der Waals surface area (Å²) < 4.78 is 10.2. The first-order valence-electron chi connectivity index (χ1n) is 4.76. The number of benzene rings is 1. The standard InChI is InChI=1S/C11H13NO5/c1-15-9-4-3-8(10(5-9)16-2)6-12-17-7-11(13)14/h3-6H,7H2,1-2H3,(H,13,14). The average Bonchev–Trinajstić information content (AvgIpc) is 2.34. The number of hydrogen-bond acceptors (Lipinski definition) is 5. The van der Waals surface area contributed by atoms with E-state index in [1.807, 2.05) is 0 Å². The second-order valence-corrected chi connectivity index (χ2v) is 3.01. The van der Waals surface area contributed by atoms with Crippen molar-refractivity contribution in [3.8, 4) is 11.5 Å². The summed E-state index contributed by atoms with van der Waals surface area (Å²) >= 11 is 0. The maximum Gasteiger partial charge on any atom is 0.344 e. The summed E-state index contributed by atoms with van der Waals surface area (Å²) in [5, 5.41) is 11.9. The predicted octanol–water partition coefficient (Wildman–Crippen LogP) is 1.14. The molecule has 92 valence electrons. The van der Waals surface area contributed by atoms with Crippen LogP contribution in [-0.2, 0) is 9.63 Å². The fourth-order valence-electron chi connectivity index (χ4n) is 1.11. The number of oxime groups is 1. The SMILES string of the molecule is COc1ccc(C=NOCC(=O)O)c(OC)c1. The molecule has 0 spiro atoms. The van der Waals surface area contributed by atoms with Crippen molar-refractivity contribution >= 4 is 12.2 Å². The highest BCUT2D eigenvalue weighted by molar-refractivity contribution is 5.83. The first-order chi connectivity index (χ1) is 8.17. The molecule has 1 aromatic rings. The van der Waals surface area contributed by atoms with Gasteiger partial charge in [0, 0.05) is 11.6 Å². The lowest BCUT2D eigenvalue weighted by Crippen LogP contribution is -2.03. The minimum atomic E-state index is -1.08. The maximum absolute atomic E-state index is 10.2. The van der Waals surface area contributed by atoms with Crippen LogP contribution in [-0.4, -0.2) is 38.1 Å². The number of aliphatic carboxylic acids is 1. The van der Waals surface area contributed by atoms with Crippen molar-refractivity contribution in [3.63, 3.8) is 0 Å². The number of carboxylic acids is 1. The van der Waals surface area contributed by atoms with Gasteiger partial charge in [-0.3, -0.25) is 0 Å². The van der Waals surface area contributed by atoms with E-state index in [-0.39, 0.29) is 0 Å². The van der Waals surface area contributed by atoms with Gasteiger partial charge in [-0.1, -0.05) is 5.16 Å². The minimum Gasteiger partial charge on any atom is -0.497 e. The van der Waals surface area contributed by atoms with Crippen LogP contribution in [0.25, 0.3) is 0 Å². The first kappa shape index (κ1) is 12.8. The molecule has 0 fully saturated rings. The van der Waals surface area contributed by atoms with E-state index < -0.39 is 12.6 Å². The molecule has 0 aromatic heterocycles. The quantitative estimate of drug-likeness (QED) is 0.595. The summed E-state index contributed by atoms with van der Waals surface area (Å²) in [7, 11) is 3.07. The van der Waals surface area contributed by atoms with E-state index in [2.05, 4.69) is 9.99 Å². The third-order valence-electron chi connectivity index (χ3n) is 1.89. The Bertz CT molecular complexity index is 416. The number of carbonyl (C=O) groups is 1. The molecule has 0 heterocycles. The van der Waals surface area contributed by atoms with Gasteiger partial charge >= 0.3 is 5.97 Å². The second-order valence-electron chi connectivity index (χ2n) is 3.01. The molecule has 0 amide bonds. The number of carboxylic acid groups (broad SMARTS) is 1. The Morgan fingerprint density at radius 3 is 2.76 bits per heavy atom. The first-order valence-corrected chi connectivity index (χ1v) is 4.76. The molecule has 0 saturated carbocycles. The molecule has 6 heteroatoms. The molecule has 1 N–H and O–H groups in total. The van der Waals surface area contributed by atoms with Gasteiger partial charge in [0.15, 0.2) is 0 Å². The zero-order chi connectivity index (χ0) is 12.7. The van der Waals surface area contributed by atoms with Crippen LogP contribution in [0, 0.1) is 0 Å². The fourth-order valence-corrected chi connectivity index (χ4v) is 1.11. The molecule has 0 bridgehead atoms. The lowest BCUT2D eigenvalue weighted by atomic mass is 10.2.